The summed E-state index contributed by atoms with van der Waals surface area (Å²) in [5.41, 5.74) is 1.78. The lowest BCUT2D eigenvalue weighted by molar-refractivity contribution is -0.355. The van der Waals surface area contributed by atoms with Gasteiger partial charge in [0, 0.05) is 11.1 Å². The molecule has 2 aliphatic rings. The summed E-state index contributed by atoms with van der Waals surface area (Å²) in [6, 6.07) is 19.2. The van der Waals surface area contributed by atoms with Gasteiger partial charge in [-0.25, -0.2) is 0 Å². The summed E-state index contributed by atoms with van der Waals surface area (Å²) in [6.45, 7) is 0.348. The van der Waals surface area contributed by atoms with Crippen LogP contribution in [0.3, 0.4) is 0 Å². The largest absolute Gasteiger partial charge is 0.412 e. The first-order valence-electron chi connectivity index (χ1n) is 7.98. The molecule has 2 heterocycles. The van der Waals surface area contributed by atoms with Crippen molar-refractivity contribution >= 4 is 6.29 Å². The van der Waals surface area contributed by atoms with E-state index in [1.54, 1.807) is 0 Å². The molecular weight excluding hydrogens is 324 g/mol. The molecule has 6 heteroatoms. The normalized spacial score (nSPS) is 31.4. The third-order valence-electron chi connectivity index (χ3n) is 4.24. The number of carbonyl (C=O) groups excluding carboxylic acids is 1. The molecule has 0 bridgehead atoms. The van der Waals surface area contributed by atoms with Gasteiger partial charge in [-0.05, 0) is 0 Å². The van der Waals surface area contributed by atoms with Crippen LogP contribution < -0.4 is 0 Å². The first-order chi connectivity index (χ1) is 11.8. The molecule has 2 aromatic carbocycles. The minimum absolute atomic E-state index is 0. The average Bonchev–Trinajstić information content (AvgIpc) is 2.68. The number of benzene rings is 2. The van der Waals surface area contributed by atoms with E-state index in [9.17, 15) is 4.79 Å². The Bertz CT molecular complexity index is 677. The molecular formula is C19H20O6. The summed E-state index contributed by atoms with van der Waals surface area (Å²) in [7, 11) is 0. The van der Waals surface area contributed by atoms with Gasteiger partial charge in [0.25, 0.3) is 0 Å². The molecule has 6 nitrogen and oxygen atoms in total. The Kier molecular flexibility index (Phi) is 5.57. The molecule has 0 aliphatic carbocycles. The molecule has 2 N–H and O–H groups in total. The number of fused-ring (bicyclic) bond motifs is 1. The summed E-state index contributed by atoms with van der Waals surface area (Å²) in [4.78, 5) is 11.5. The Hall–Kier alpha value is -2.09. The number of hydrogen-bond donors (Lipinski definition) is 0. The maximum atomic E-state index is 11.5. The highest BCUT2D eigenvalue weighted by molar-refractivity contribution is 5.57. The van der Waals surface area contributed by atoms with E-state index in [1.165, 1.54) is 0 Å². The number of hydrogen-bond acceptors (Lipinski definition) is 5. The minimum atomic E-state index is -0.691. The van der Waals surface area contributed by atoms with Crippen molar-refractivity contribution in [2.45, 2.75) is 30.9 Å². The van der Waals surface area contributed by atoms with Crippen molar-refractivity contribution < 1.29 is 29.2 Å². The molecule has 0 amide bonds. The summed E-state index contributed by atoms with van der Waals surface area (Å²) < 4.78 is 23.5. The van der Waals surface area contributed by atoms with Crippen LogP contribution in [0.5, 0.6) is 0 Å². The zero-order chi connectivity index (χ0) is 16.4. The molecule has 0 aromatic heterocycles. The Morgan fingerprint density at radius 1 is 0.800 bits per heavy atom. The van der Waals surface area contributed by atoms with Crippen molar-refractivity contribution in [3.8, 4) is 0 Å². The van der Waals surface area contributed by atoms with E-state index < -0.39 is 24.8 Å². The quantitative estimate of drug-likeness (QED) is 0.795. The smallest absolute Gasteiger partial charge is 0.185 e. The van der Waals surface area contributed by atoms with Crippen LogP contribution in [0.2, 0.25) is 0 Å². The van der Waals surface area contributed by atoms with E-state index in [1.807, 2.05) is 60.7 Å². The third-order valence-corrected chi connectivity index (χ3v) is 4.24. The van der Waals surface area contributed by atoms with Crippen LogP contribution in [-0.2, 0) is 23.7 Å². The van der Waals surface area contributed by atoms with E-state index in [2.05, 4.69) is 0 Å². The fraction of sp³-hybridized carbons (Fsp3) is 0.316. The van der Waals surface area contributed by atoms with Crippen LogP contribution in [0.15, 0.2) is 60.7 Å². The summed E-state index contributed by atoms with van der Waals surface area (Å²) >= 11 is 0. The second-order valence-corrected chi connectivity index (χ2v) is 5.83. The van der Waals surface area contributed by atoms with E-state index in [-0.39, 0.29) is 11.6 Å². The lowest BCUT2D eigenvalue weighted by Gasteiger charge is -2.44. The zero-order valence-electron chi connectivity index (χ0n) is 13.5. The Morgan fingerprint density at radius 2 is 1.40 bits per heavy atom. The Morgan fingerprint density at radius 3 is 2.00 bits per heavy atom. The summed E-state index contributed by atoms with van der Waals surface area (Å²) in [6.07, 6.45) is -1.85. The standard InChI is InChI=1S/C19H18O5.H2O/c20-11-15-17-16(23-19(22-15)14-9-5-2-6-10-14)12-21-18(24-17)13-7-3-1-4-8-13;/h1-11,15-19H,12H2;1H2. The van der Waals surface area contributed by atoms with Crippen molar-refractivity contribution in [3.05, 3.63) is 71.8 Å². The molecule has 2 aliphatic heterocycles. The van der Waals surface area contributed by atoms with Crippen LogP contribution in [0, 0.1) is 0 Å². The van der Waals surface area contributed by atoms with Gasteiger partial charge >= 0.3 is 0 Å². The van der Waals surface area contributed by atoms with Crippen molar-refractivity contribution in [2.24, 2.45) is 0 Å². The highest BCUT2D eigenvalue weighted by atomic mass is 16.8. The SMILES string of the molecule is O.O=CC1OC(c2ccccc2)OC2COC(c3ccccc3)OC12. The maximum Gasteiger partial charge on any atom is 0.185 e. The van der Waals surface area contributed by atoms with Gasteiger partial charge in [0.2, 0.25) is 0 Å². The Labute approximate surface area is 145 Å². The van der Waals surface area contributed by atoms with Gasteiger partial charge in [0.05, 0.1) is 6.61 Å². The van der Waals surface area contributed by atoms with Crippen molar-refractivity contribution in [3.63, 3.8) is 0 Å². The van der Waals surface area contributed by atoms with Crippen LogP contribution in [0.25, 0.3) is 0 Å². The predicted molar refractivity (Wildman–Crippen MR) is 88.6 cm³/mol. The summed E-state index contributed by atoms with van der Waals surface area (Å²) in [5, 5.41) is 0. The molecule has 132 valence electrons. The molecule has 2 saturated heterocycles. The highest BCUT2D eigenvalue weighted by Gasteiger charge is 2.45. The second-order valence-electron chi connectivity index (χ2n) is 5.83. The molecule has 2 aromatic rings. The summed E-state index contributed by atoms with van der Waals surface area (Å²) in [5.74, 6) is 0. The molecule has 0 radical (unpaired) electrons. The molecule has 2 fully saturated rings. The van der Waals surface area contributed by atoms with Gasteiger partial charge in [0.15, 0.2) is 18.9 Å². The number of aldehydes is 1. The van der Waals surface area contributed by atoms with Crippen molar-refractivity contribution in [2.75, 3.05) is 6.61 Å². The van der Waals surface area contributed by atoms with Crippen LogP contribution >= 0.6 is 0 Å². The first-order valence-corrected chi connectivity index (χ1v) is 7.98. The van der Waals surface area contributed by atoms with Gasteiger partial charge < -0.3 is 29.2 Å². The van der Waals surface area contributed by atoms with Crippen LogP contribution in [0.1, 0.15) is 23.7 Å². The highest BCUT2D eigenvalue weighted by Crippen LogP contribution is 2.37. The zero-order valence-corrected chi connectivity index (χ0v) is 13.5. The monoisotopic (exact) mass is 344 g/mol. The van der Waals surface area contributed by atoms with Gasteiger partial charge in [-0.2, -0.15) is 0 Å². The van der Waals surface area contributed by atoms with Gasteiger partial charge in [0.1, 0.15) is 18.3 Å². The molecule has 0 spiro atoms. The van der Waals surface area contributed by atoms with E-state index in [0.29, 0.717) is 6.61 Å². The van der Waals surface area contributed by atoms with Crippen molar-refractivity contribution in [1.29, 1.82) is 0 Å². The van der Waals surface area contributed by atoms with Crippen LogP contribution in [0.4, 0.5) is 0 Å². The Balaban J connectivity index is 0.00000182. The van der Waals surface area contributed by atoms with E-state index >= 15 is 0 Å². The van der Waals surface area contributed by atoms with Gasteiger partial charge in [-0.1, -0.05) is 60.7 Å². The topological polar surface area (TPSA) is 85.5 Å². The minimum Gasteiger partial charge on any atom is -0.412 e. The molecule has 5 unspecified atom stereocenters. The molecule has 0 saturated carbocycles. The second kappa shape index (κ2) is 7.86. The number of rotatable bonds is 3. The lowest BCUT2D eigenvalue weighted by atomic mass is 10.0. The van der Waals surface area contributed by atoms with Gasteiger partial charge in [-0.3, -0.25) is 0 Å². The fourth-order valence-electron chi connectivity index (χ4n) is 3.03. The number of carbonyl (C=O) groups is 1. The first kappa shape index (κ1) is 17.7. The van der Waals surface area contributed by atoms with E-state index in [4.69, 9.17) is 18.9 Å². The molecule has 25 heavy (non-hydrogen) atoms. The average molecular weight is 344 g/mol. The van der Waals surface area contributed by atoms with Crippen molar-refractivity contribution in [1.82, 2.24) is 0 Å². The molecule has 4 rings (SSSR count). The lowest BCUT2D eigenvalue weighted by Crippen LogP contribution is -2.54. The van der Waals surface area contributed by atoms with E-state index in [0.717, 1.165) is 17.4 Å². The fourth-order valence-corrected chi connectivity index (χ4v) is 3.03. The maximum absolute atomic E-state index is 11.5. The molecule has 5 atom stereocenters. The predicted octanol–water partition coefficient (Wildman–Crippen LogP) is 1.96. The van der Waals surface area contributed by atoms with Gasteiger partial charge in [-0.15, -0.1) is 0 Å². The number of ether oxygens (including phenoxy) is 4. The third kappa shape index (κ3) is 3.63. The van der Waals surface area contributed by atoms with Crippen LogP contribution in [-0.4, -0.2) is 36.7 Å².